The average molecular weight is 292 g/mol. The molecule has 86 valence electrons. The number of rotatable bonds is 5. The highest BCUT2D eigenvalue weighted by Gasteiger charge is 2.24. The highest BCUT2D eigenvalue weighted by Crippen LogP contribution is 2.32. The summed E-state index contributed by atoms with van der Waals surface area (Å²) in [5, 5.41) is 7.62. The Morgan fingerprint density at radius 3 is 2.60 bits per heavy atom. The Bertz CT molecular complexity index is 311. The molecule has 1 unspecified atom stereocenters. The van der Waals surface area contributed by atoms with Crippen LogP contribution in [-0.4, -0.2) is 19.8 Å². The maximum atomic E-state index is 5.46. The van der Waals surface area contributed by atoms with Gasteiger partial charge in [0.25, 0.3) is 0 Å². The second-order valence-electron chi connectivity index (χ2n) is 4.18. The fraction of sp³-hybridized carbons (Fsp3) is 0.636. The van der Waals surface area contributed by atoms with E-state index in [0.717, 1.165) is 6.42 Å². The van der Waals surface area contributed by atoms with Gasteiger partial charge in [-0.05, 0) is 54.2 Å². The Labute approximate surface area is 104 Å². The summed E-state index contributed by atoms with van der Waals surface area (Å²) in [4.78, 5) is 0. The Morgan fingerprint density at radius 2 is 2.20 bits per heavy atom. The molecule has 1 aromatic rings. The maximum Gasteiger partial charge on any atom is 0.0640 e. The zero-order valence-electron chi connectivity index (χ0n) is 9.63. The molecule has 0 saturated carbocycles. The van der Waals surface area contributed by atoms with Crippen LogP contribution in [0.5, 0.6) is 0 Å². The van der Waals surface area contributed by atoms with Crippen LogP contribution in [0.1, 0.15) is 31.9 Å². The molecule has 1 heterocycles. The molecule has 2 nitrogen and oxygen atoms in total. The third-order valence-corrected chi connectivity index (χ3v) is 4.37. The highest BCUT2D eigenvalue weighted by atomic mass is 79.9. The van der Waals surface area contributed by atoms with E-state index in [1.807, 2.05) is 7.05 Å². The minimum atomic E-state index is -0.102. The van der Waals surface area contributed by atoms with Gasteiger partial charge in [0.1, 0.15) is 0 Å². The molecule has 0 fully saturated rings. The van der Waals surface area contributed by atoms with E-state index < -0.39 is 0 Å². The van der Waals surface area contributed by atoms with Crippen molar-refractivity contribution in [3.05, 3.63) is 20.8 Å². The summed E-state index contributed by atoms with van der Waals surface area (Å²) in [5.74, 6) is 0. The van der Waals surface area contributed by atoms with E-state index in [9.17, 15) is 0 Å². The molecule has 4 heteroatoms. The van der Waals surface area contributed by atoms with Crippen molar-refractivity contribution in [1.29, 1.82) is 0 Å². The summed E-state index contributed by atoms with van der Waals surface area (Å²) in [6.07, 6.45) is 0.954. The lowest BCUT2D eigenvalue weighted by molar-refractivity contribution is 0.00742. The quantitative estimate of drug-likeness (QED) is 0.895. The van der Waals surface area contributed by atoms with Crippen LogP contribution in [0.2, 0.25) is 0 Å². The summed E-state index contributed by atoms with van der Waals surface area (Å²) in [6, 6.07) is 0.334. The lowest BCUT2D eigenvalue weighted by Crippen LogP contribution is -2.30. The Morgan fingerprint density at radius 1 is 1.53 bits per heavy atom. The van der Waals surface area contributed by atoms with Crippen LogP contribution in [0, 0.1) is 0 Å². The van der Waals surface area contributed by atoms with Crippen molar-refractivity contribution in [2.24, 2.45) is 0 Å². The smallest absolute Gasteiger partial charge is 0.0640 e. The van der Waals surface area contributed by atoms with Gasteiger partial charge in [-0.3, -0.25) is 0 Å². The summed E-state index contributed by atoms with van der Waals surface area (Å²) in [5.41, 5.74) is 1.21. The van der Waals surface area contributed by atoms with Gasteiger partial charge in [-0.25, -0.2) is 0 Å². The molecule has 0 radical (unpaired) electrons. The molecule has 0 spiro atoms. The van der Waals surface area contributed by atoms with Crippen LogP contribution in [0.4, 0.5) is 0 Å². The number of ether oxygens (including phenoxy) is 1. The lowest BCUT2D eigenvalue weighted by atomic mass is 9.95. The predicted octanol–water partition coefficient (Wildman–Crippen LogP) is 3.59. The summed E-state index contributed by atoms with van der Waals surface area (Å²) < 4.78 is 6.64. The topological polar surface area (TPSA) is 21.3 Å². The van der Waals surface area contributed by atoms with Gasteiger partial charge in [0, 0.05) is 23.0 Å². The van der Waals surface area contributed by atoms with Crippen molar-refractivity contribution in [1.82, 2.24) is 5.32 Å². The van der Waals surface area contributed by atoms with Gasteiger partial charge in [0.15, 0.2) is 0 Å². The lowest BCUT2D eigenvalue weighted by Gasteiger charge is -2.28. The molecule has 15 heavy (non-hydrogen) atoms. The van der Waals surface area contributed by atoms with Gasteiger partial charge in [-0.15, -0.1) is 0 Å². The molecule has 0 bridgehead atoms. The molecule has 1 N–H and O–H groups in total. The number of halogens is 1. The van der Waals surface area contributed by atoms with Crippen LogP contribution >= 0.6 is 27.3 Å². The van der Waals surface area contributed by atoms with Gasteiger partial charge < -0.3 is 10.1 Å². The fourth-order valence-corrected chi connectivity index (χ4v) is 3.11. The van der Waals surface area contributed by atoms with Crippen LogP contribution in [0.15, 0.2) is 15.2 Å². The summed E-state index contributed by atoms with van der Waals surface area (Å²) >= 11 is 5.28. The molecule has 1 aromatic heterocycles. The molecule has 0 aliphatic carbocycles. The number of thiophene rings is 1. The second-order valence-corrected chi connectivity index (χ2v) is 5.78. The number of nitrogens with one attached hydrogen (secondary N) is 1. The minimum absolute atomic E-state index is 0.102. The molecular formula is C11H18BrNOS. The first-order valence-electron chi connectivity index (χ1n) is 4.94. The summed E-state index contributed by atoms with van der Waals surface area (Å²) in [6.45, 7) is 4.22. The SMILES string of the molecule is CNC(CC(C)(C)OC)c1cscc1Br. The number of hydrogen-bond acceptors (Lipinski definition) is 3. The normalized spacial score (nSPS) is 14.2. The van der Waals surface area contributed by atoms with E-state index in [4.69, 9.17) is 4.74 Å². The van der Waals surface area contributed by atoms with Crippen LogP contribution in [0.3, 0.4) is 0 Å². The average Bonchev–Trinajstić information content (AvgIpc) is 2.61. The zero-order chi connectivity index (χ0) is 11.5. The van der Waals surface area contributed by atoms with E-state index in [2.05, 4.69) is 45.9 Å². The van der Waals surface area contributed by atoms with Gasteiger partial charge >= 0.3 is 0 Å². The Balaban J connectivity index is 2.77. The third kappa shape index (κ3) is 3.55. The number of hydrogen-bond donors (Lipinski definition) is 1. The first kappa shape index (κ1) is 13.2. The Kier molecular flexibility index (Phi) is 4.77. The van der Waals surface area contributed by atoms with Gasteiger partial charge in [0.2, 0.25) is 0 Å². The van der Waals surface area contributed by atoms with E-state index in [0.29, 0.717) is 6.04 Å². The Hall–Kier alpha value is 0.100. The standard InChI is InChI=1S/C11H18BrNOS/c1-11(2,14-4)5-10(13-3)8-6-15-7-9(8)12/h6-7,10,13H,5H2,1-4H3. The largest absolute Gasteiger partial charge is 0.379 e. The molecule has 0 aliphatic heterocycles. The predicted molar refractivity (Wildman–Crippen MR) is 69.5 cm³/mol. The van der Waals surface area contributed by atoms with Gasteiger partial charge in [0.05, 0.1) is 5.60 Å². The molecule has 1 atom stereocenters. The third-order valence-electron chi connectivity index (χ3n) is 2.61. The van der Waals surface area contributed by atoms with Crippen molar-refractivity contribution in [3.8, 4) is 0 Å². The van der Waals surface area contributed by atoms with Gasteiger partial charge in [-0.1, -0.05) is 0 Å². The van der Waals surface area contributed by atoms with Crippen LogP contribution in [-0.2, 0) is 4.74 Å². The monoisotopic (exact) mass is 291 g/mol. The second kappa shape index (κ2) is 5.43. The van der Waals surface area contributed by atoms with Gasteiger partial charge in [-0.2, -0.15) is 11.3 Å². The van der Waals surface area contributed by atoms with E-state index >= 15 is 0 Å². The molecule has 0 saturated heterocycles. The van der Waals surface area contributed by atoms with Crippen molar-refractivity contribution in [3.63, 3.8) is 0 Å². The first-order chi connectivity index (χ1) is 7.00. The minimum Gasteiger partial charge on any atom is -0.379 e. The fourth-order valence-electron chi connectivity index (χ4n) is 1.48. The molecular weight excluding hydrogens is 274 g/mol. The molecule has 0 amide bonds. The first-order valence-corrected chi connectivity index (χ1v) is 6.68. The van der Waals surface area contributed by atoms with E-state index in [-0.39, 0.29) is 5.60 Å². The van der Waals surface area contributed by atoms with Crippen molar-refractivity contribution < 1.29 is 4.74 Å². The highest BCUT2D eigenvalue weighted by molar-refractivity contribution is 9.10. The van der Waals surface area contributed by atoms with Crippen LogP contribution in [0.25, 0.3) is 0 Å². The van der Waals surface area contributed by atoms with Crippen molar-refractivity contribution in [2.45, 2.75) is 31.9 Å². The maximum absolute atomic E-state index is 5.46. The number of methoxy groups -OCH3 is 1. The molecule has 0 aromatic carbocycles. The van der Waals surface area contributed by atoms with E-state index in [1.54, 1.807) is 18.4 Å². The molecule has 1 rings (SSSR count). The zero-order valence-corrected chi connectivity index (χ0v) is 12.0. The molecule has 0 aliphatic rings. The van der Waals surface area contributed by atoms with Crippen molar-refractivity contribution in [2.75, 3.05) is 14.2 Å². The summed E-state index contributed by atoms with van der Waals surface area (Å²) in [7, 11) is 3.75. The van der Waals surface area contributed by atoms with E-state index in [1.165, 1.54) is 10.0 Å². The van der Waals surface area contributed by atoms with Crippen LogP contribution < -0.4 is 5.32 Å². The van der Waals surface area contributed by atoms with Crippen molar-refractivity contribution >= 4 is 27.3 Å².